The summed E-state index contributed by atoms with van der Waals surface area (Å²) in [5.74, 6) is -0.822. The summed E-state index contributed by atoms with van der Waals surface area (Å²) >= 11 is 0. The van der Waals surface area contributed by atoms with Crippen LogP contribution in [0.3, 0.4) is 0 Å². The van der Waals surface area contributed by atoms with Crippen molar-refractivity contribution < 1.29 is 14.0 Å². The first-order valence-electron chi connectivity index (χ1n) is 7.99. The lowest BCUT2D eigenvalue weighted by Crippen LogP contribution is -2.43. The first-order chi connectivity index (χ1) is 11.6. The molecule has 2 amide bonds. The highest BCUT2D eigenvalue weighted by Crippen LogP contribution is 2.23. The molecule has 3 rings (SSSR count). The average molecular weight is 326 g/mol. The minimum absolute atomic E-state index is 0.134. The molecule has 0 aliphatic carbocycles. The minimum atomic E-state index is -0.527. The lowest BCUT2D eigenvalue weighted by atomic mass is 10.1. The van der Waals surface area contributed by atoms with E-state index >= 15 is 0 Å². The van der Waals surface area contributed by atoms with Gasteiger partial charge in [0.1, 0.15) is 11.9 Å². The maximum absolute atomic E-state index is 13.2. The highest BCUT2D eigenvalue weighted by Gasteiger charge is 2.34. The molecule has 1 aliphatic rings. The van der Waals surface area contributed by atoms with Gasteiger partial charge in [-0.15, -0.1) is 0 Å². The van der Waals surface area contributed by atoms with Crippen LogP contribution >= 0.6 is 0 Å². The Labute approximate surface area is 140 Å². The quantitative estimate of drug-likeness (QED) is 0.940. The summed E-state index contributed by atoms with van der Waals surface area (Å²) in [5, 5.41) is 2.70. The lowest BCUT2D eigenvalue weighted by Gasteiger charge is -2.24. The molecule has 1 unspecified atom stereocenters. The smallest absolute Gasteiger partial charge is 0.254 e. The number of carbonyl (C=O) groups excluding carboxylic acids is 2. The van der Waals surface area contributed by atoms with Gasteiger partial charge in [0.15, 0.2) is 0 Å². The van der Waals surface area contributed by atoms with Gasteiger partial charge in [-0.25, -0.2) is 4.39 Å². The highest BCUT2D eigenvalue weighted by atomic mass is 19.1. The normalized spacial score (nSPS) is 16.9. The number of carbonyl (C=O) groups is 2. The second-order valence-corrected chi connectivity index (χ2v) is 5.97. The first-order valence-corrected chi connectivity index (χ1v) is 7.99. The van der Waals surface area contributed by atoms with Gasteiger partial charge in [-0.2, -0.15) is 0 Å². The Balaban J connectivity index is 1.76. The summed E-state index contributed by atoms with van der Waals surface area (Å²) in [6.07, 6.45) is 1.39. The van der Waals surface area contributed by atoms with E-state index in [-0.39, 0.29) is 11.8 Å². The van der Waals surface area contributed by atoms with Crippen LogP contribution in [0.5, 0.6) is 0 Å². The van der Waals surface area contributed by atoms with Gasteiger partial charge in [-0.05, 0) is 49.6 Å². The van der Waals surface area contributed by atoms with Gasteiger partial charge < -0.3 is 10.2 Å². The van der Waals surface area contributed by atoms with Crippen molar-refractivity contribution in [3.63, 3.8) is 0 Å². The van der Waals surface area contributed by atoms with E-state index in [9.17, 15) is 14.0 Å². The SMILES string of the molecule is Cc1ccccc1C(=O)N1CCCC1C(=O)Nc1cccc(F)c1. The maximum atomic E-state index is 13.2. The van der Waals surface area contributed by atoms with Crippen molar-refractivity contribution in [2.75, 3.05) is 11.9 Å². The number of halogens is 1. The molecule has 124 valence electrons. The number of aryl methyl sites for hydroxylation is 1. The predicted molar refractivity (Wildman–Crippen MR) is 90.3 cm³/mol. The summed E-state index contributed by atoms with van der Waals surface area (Å²) in [4.78, 5) is 26.9. The second-order valence-electron chi connectivity index (χ2n) is 5.97. The topological polar surface area (TPSA) is 49.4 Å². The first kappa shape index (κ1) is 16.2. The van der Waals surface area contributed by atoms with E-state index in [0.29, 0.717) is 24.2 Å². The summed E-state index contributed by atoms with van der Waals surface area (Å²) in [6, 6.07) is 12.6. The zero-order valence-electron chi connectivity index (χ0n) is 13.5. The molecule has 2 aromatic rings. The zero-order valence-corrected chi connectivity index (χ0v) is 13.5. The van der Waals surface area contributed by atoms with Gasteiger partial charge in [-0.1, -0.05) is 24.3 Å². The number of hydrogen-bond acceptors (Lipinski definition) is 2. The van der Waals surface area contributed by atoms with Crippen molar-refractivity contribution in [2.24, 2.45) is 0 Å². The standard InChI is InChI=1S/C19H19FN2O2/c1-13-6-2-3-9-16(13)19(24)22-11-5-10-17(22)18(23)21-15-8-4-7-14(20)12-15/h2-4,6-9,12,17H,5,10-11H2,1H3,(H,21,23). The number of amides is 2. The number of nitrogens with one attached hydrogen (secondary N) is 1. The van der Waals surface area contributed by atoms with Crippen LogP contribution in [0.2, 0.25) is 0 Å². The fourth-order valence-corrected chi connectivity index (χ4v) is 3.04. The molecule has 1 N–H and O–H groups in total. The molecule has 0 saturated carbocycles. The van der Waals surface area contributed by atoms with E-state index < -0.39 is 11.9 Å². The molecule has 2 aromatic carbocycles. The third-order valence-corrected chi connectivity index (χ3v) is 4.28. The Morgan fingerprint density at radius 2 is 1.96 bits per heavy atom. The molecule has 1 aliphatic heterocycles. The molecule has 1 saturated heterocycles. The van der Waals surface area contributed by atoms with E-state index in [1.54, 1.807) is 17.0 Å². The van der Waals surface area contributed by atoms with Crippen LogP contribution in [0.4, 0.5) is 10.1 Å². The van der Waals surface area contributed by atoms with Crippen molar-refractivity contribution >= 4 is 17.5 Å². The Hall–Kier alpha value is -2.69. The molecule has 1 heterocycles. The third-order valence-electron chi connectivity index (χ3n) is 4.28. The number of rotatable bonds is 3. The molecular formula is C19H19FN2O2. The molecule has 0 bridgehead atoms. The van der Waals surface area contributed by atoms with Gasteiger partial charge in [0.05, 0.1) is 0 Å². The van der Waals surface area contributed by atoms with Crippen molar-refractivity contribution in [3.8, 4) is 0 Å². The monoisotopic (exact) mass is 326 g/mol. The van der Waals surface area contributed by atoms with E-state index in [1.165, 1.54) is 18.2 Å². The minimum Gasteiger partial charge on any atom is -0.327 e. The molecule has 1 atom stereocenters. The maximum Gasteiger partial charge on any atom is 0.254 e. The van der Waals surface area contributed by atoms with Crippen molar-refractivity contribution in [3.05, 3.63) is 65.5 Å². The van der Waals surface area contributed by atoms with Crippen molar-refractivity contribution in [1.82, 2.24) is 4.90 Å². The molecule has 0 spiro atoms. The zero-order chi connectivity index (χ0) is 17.1. The Morgan fingerprint density at radius 3 is 2.71 bits per heavy atom. The van der Waals surface area contributed by atoms with Crippen molar-refractivity contribution in [2.45, 2.75) is 25.8 Å². The van der Waals surface area contributed by atoms with E-state index in [0.717, 1.165) is 12.0 Å². The molecular weight excluding hydrogens is 307 g/mol. The van der Waals surface area contributed by atoms with E-state index in [2.05, 4.69) is 5.32 Å². The van der Waals surface area contributed by atoms with E-state index in [1.807, 2.05) is 25.1 Å². The van der Waals surface area contributed by atoms with Crippen LogP contribution < -0.4 is 5.32 Å². The fraction of sp³-hybridized carbons (Fsp3) is 0.263. The van der Waals surface area contributed by atoms with Crippen LogP contribution in [-0.4, -0.2) is 29.3 Å². The van der Waals surface area contributed by atoms with Crippen LogP contribution in [0.15, 0.2) is 48.5 Å². The average Bonchev–Trinajstić information content (AvgIpc) is 3.04. The number of nitrogens with zero attached hydrogens (tertiary/aromatic N) is 1. The molecule has 5 heteroatoms. The Morgan fingerprint density at radius 1 is 1.17 bits per heavy atom. The molecule has 4 nitrogen and oxygen atoms in total. The molecule has 24 heavy (non-hydrogen) atoms. The molecule has 1 fully saturated rings. The highest BCUT2D eigenvalue weighted by molar-refractivity contribution is 6.02. The van der Waals surface area contributed by atoms with E-state index in [4.69, 9.17) is 0 Å². The van der Waals surface area contributed by atoms with Crippen LogP contribution in [0, 0.1) is 12.7 Å². The summed E-state index contributed by atoms with van der Waals surface area (Å²) in [7, 11) is 0. The number of anilines is 1. The molecule has 0 radical (unpaired) electrons. The van der Waals surface area contributed by atoms with Gasteiger partial charge in [0.25, 0.3) is 5.91 Å². The number of hydrogen-bond donors (Lipinski definition) is 1. The summed E-state index contributed by atoms with van der Waals surface area (Å²) < 4.78 is 13.2. The largest absolute Gasteiger partial charge is 0.327 e. The van der Waals surface area contributed by atoms with Crippen LogP contribution in [0.25, 0.3) is 0 Å². The number of benzene rings is 2. The van der Waals surface area contributed by atoms with Gasteiger partial charge in [-0.3, -0.25) is 9.59 Å². The van der Waals surface area contributed by atoms with Gasteiger partial charge in [0, 0.05) is 17.8 Å². The summed E-state index contributed by atoms with van der Waals surface area (Å²) in [5.41, 5.74) is 1.90. The van der Waals surface area contributed by atoms with Crippen molar-refractivity contribution in [1.29, 1.82) is 0 Å². The van der Waals surface area contributed by atoms with Gasteiger partial charge >= 0.3 is 0 Å². The van der Waals surface area contributed by atoms with Gasteiger partial charge in [0.2, 0.25) is 5.91 Å². The lowest BCUT2D eigenvalue weighted by molar-refractivity contribution is -0.119. The fourth-order valence-electron chi connectivity index (χ4n) is 3.04. The third kappa shape index (κ3) is 3.30. The second kappa shape index (κ2) is 6.83. The predicted octanol–water partition coefficient (Wildman–Crippen LogP) is 3.38. The Kier molecular flexibility index (Phi) is 4.60. The summed E-state index contributed by atoms with van der Waals surface area (Å²) in [6.45, 7) is 2.43. The van der Waals surface area contributed by atoms with Crippen LogP contribution in [-0.2, 0) is 4.79 Å². The Bertz CT molecular complexity index is 775. The van der Waals surface area contributed by atoms with Crippen LogP contribution in [0.1, 0.15) is 28.8 Å². The molecule has 0 aromatic heterocycles. The number of likely N-dealkylation sites (tertiary alicyclic amines) is 1.